The van der Waals surface area contributed by atoms with Crippen LogP contribution in [0, 0.1) is 0 Å². The number of rotatable bonds is 4. The Balaban J connectivity index is 1.96. The maximum Gasteiger partial charge on any atom is 0.266 e. The smallest absolute Gasteiger partial charge is 0.266 e. The van der Waals surface area contributed by atoms with Crippen molar-refractivity contribution in [3.8, 4) is 11.1 Å². The van der Waals surface area contributed by atoms with E-state index < -0.39 is 0 Å². The first-order chi connectivity index (χ1) is 12.6. The molecule has 4 rings (SSSR count). The molecule has 0 fully saturated rings. The third-order valence-electron chi connectivity index (χ3n) is 5.00. The summed E-state index contributed by atoms with van der Waals surface area (Å²) in [4.78, 5) is 15.3. The van der Waals surface area contributed by atoms with Gasteiger partial charge in [0, 0.05) is 10.8 Å². The summed E-state index contributed by atoms with van der Waals surface area (Å²) in [5.74, 6) is 0.381. The van der Waals surface area contributed by atoms with Crippen LogP contribution < -0.4 is 11.3 Å². The summed E-state index contributed by atoms with van der Waals surface area (Å²) in [7, 11) is 0. The molecular weight excluding hydrogens is 364 g/mol. The zero-order chi connectivity index (χ0) is 18.3. The van der Waals surface area contributed by atoms with Crippen molar-refractivity contribution in [2.45, 2.75) is 19.3 Å². The van der Waals surface area contributed by atoms with Crippen LogP contribution in [0.3, 0.4) is 0 Å². The molecule has 26 heavy (non-hydrogen) atoms. The van der Waals surface area contributed by atoms with Gasteiger partial charge in [-0.3, -0.25) is 4.79 Å². The number of hydrogen-bond donors (Lipinski definition) is 2. The summed E-state index contributed by atoms with van der Waals surface area (Å²) >= 11 is 7.83. The molecule has 0 aliphatic rings. The molecule has 0 spiro atoms. The second-order valence-corrected chi connectivity index (χ2v) is 7.75. The molecule has 0 bridgehead atoms. The normalized spacial score (nSPS) is 12.7. The number of halogens is 1. The van der Waals surface area contributed by atoms with Gasteiger partial charge in [0.15, 0.2) is 0 Å². The van der Waals surface area contributed by atoms with Crippen LogP contribution in [-0.4, -0.2) is 11.5 Å². The Labute approximate surface area is 160 Å². The lowest BCUT2D eigenvalue weighted by Crippen LogP contribution is -2.11. The first-order valence-electron chi connectivity index (χ1n) is 8.66. The zero-order valence-electron chi connectivity index (χ0n) is 14.4. The first-order valence-corrected chi connectivity index (χ1v) is 9.92. The van der Waals surface area contributed by atoms with E-state index in [9.17, 15) is 4.79 Å². The van der Waals surface area contributed by atoms with E-state index in [1.165, 1.54) is 16.9 Å². The second kappa shape index (κ2) is 6.88. The van der Waals surface area contributed by atoms with Gasteiger partial charge in [0.05, 0.1) is 10.5 Å². The molecule has 2 heterocycles. The SMILES string of the molecule is CCC(CN)c1ccc(-c2ccc(Cl)c3[nH]c(=O)c4sccc4c23)cc1. The van der Waals surface area contributed by atoms with Crippen molar-refractivity contribution in [1.29, 1.82) is 0 Å². The molecule has 132 valence electrons. The molecule has 3 nitrogen and oxygen atoms in total. The lowest BCUT2D eigenvalue weighted by Gasteiger charge is -2.14. The highest BCUT2D eigenvalue weighted by atomic mass is 35.5. The van der Waals surface area contributed by atoms with Gasteiger partial charge >= 0.3 is 0 Å². The number of thiophene rings is 1. The number of H-pyrrole nitrogens is 1. The zero-order valence-corrected chi connectivity index (χ0v) is 16.0. The molecule has 0 saturated carbocycles. The Bertz CT molecular complexity index is 1140. The summed E-state index contributed by atoms with van der Waals surface area (Å²) in [6.07, 6.45) is 1.02. The van der Waals surface area contributed by atoms with Gasteiger partial charge in [0.2, 0.25) is 0 Å². The lowest BCUT2D eigenvalue weighted by atomic mass is 9.93. The highest BCUT2D eigenvalue weighted by molar-refractivity contribution is 7.17. The molecule has 2 aromatic heterocycles. The van der Waals surface area contributed by atoms with E-state index in [0.717, 1.165) is 33.0 Å². The molecular formula is C21H19ClN2OS. The highest BCUT2D eigenvalue weighted by Crippen LogP contribution is 2.37. The van der Waals surface area contributed by atoms with Crippen molar-refractivity contribution in [1.82, 2.24) is 4.98 Å². The number of nitrogens with one attached hydrogen (secondary N) is 1. The molecule has 0 aliphatic carbocycles. The van der Waals surface area contributed by atoms with Gasteiger partial charge in [-0.25, -0.2) is 0 Å². The molecule has 1 unspecified atom stereocenters. The first kappa shape index (κ1) is 17.3. The average Bonchev–Trinajstić information content (AvgIpc) is 3.15. The minimum Gasteiger partial charge on any atom is -0.330 e. The monoisotopic (exact) mass is 382 g/mol. The van der Waals surface area contributed by atoms with Crippen molar-refractivity contribution >= 4 is 43.9 Å². The standard InChI is InChI=1S/C21H19ClN2OS/c1-2-12(11-23)13-3-5-14(6-4-13)15-7-8-17(22)19-18(15)16-9-10-26-20(16)21(25)24-19/h3-10,12H,2,11,23H2,1H3,(H,24,25). The third kappa shape index (κ3) is 2.75. The minimum absolute atomic E-state index is 0.0920. The van der Waals surface area contributed by atoms with Gasteiger partial charge in [-0.15, -0.1) is 11.3 Å². The van der Waals surface area contributed by atoms with E-state index >= 15 is 0 Å². The molecule has 3 N–H and O–H groups in total. The van der Waals surface area contributed by atoms with Crippen molar-refractivity contribution in [3.05, 3.63) is 68.8 Å². The van der Waals surface area contributed by atoms with Gasteiger partial charge in [-0.1, -0.05) is 48.9 Å². The van der Waals surface area contributed by atoms with Crippen molar-refractivity contribution in [2.75, 3.05) is 6.54 Å². The predicted octanol–water partition coefficient (Wildman–Crippen LogP) is 5.52. The molecule has 2 aromatic carbocycles. The third-order valence-corrected chi connectivity index (χ3v) is 6.23. The van der Waals surface area contributed by atoms with Crippen LogP contribution in [0.5, 0.6) is 0 Å². The van der Waals surface area contributed by atoms with Crippen LogP contribution in [0.25, 0.3) is 32.1 Å². The number of pyridine rings is 1. The van der Waals surface area contributed by atoms with E-state index in [-0.39, 0.29) is 5.56 Å². The van der Waals surface area contributed by atoms with Gasteiger partial charge in [-0.05, 0) is 53.1 Å². The van der Waals surface area contributed by atoms with Crippen molar-refractivity contribution in [3.63, 3.8) is 0 Å². The number of aromatic nitrogens is 1. The van der Waals surface area contributed by atoms with Crippen LogP contribution in [0.15, 0.2) is 52.6 Å². The van der Waals surface area contributed by atoms with Gasteiger partial charge in [0.1, 0.15) is 4.70 Å². The number of fused-ring (bicyclic) bond motifs is 3. The van der Waals surface area contributed by atoms with Gasteiger partial charge < -0.3 is 10.7 Å². The van der Waals surface area contributed by atoms with E-state index in [2.05, 4.69) is 36.2 Å². The number of aromatic amines is 1. The van der Waals surface area contributed by atoms with Crippen molar-refractivity contribution < 1.29 is 0 Å². The second-order valence-electron chi connectivity index (χ2n) is 6.43. The summed E-state index contributed by atoms with van der Waals surface area (Å²) in [6, 6.07) is 14.4. The molecule has 0 radical (unpaired) electrons. The molecule has 0 saturated heterocycles. The Morgan fingerprint density at radius 3 is 2.62 bits per heavy atom. The summed E-state index contributed by atoms with van der Waals surface area (Å²) < 4.78 is 0.729. The Morgan fingerprint density at radius 2 is 1.92 bits per heavy atom. The largest absolute Gasteiger partial charge is 0.330 e. The number of nitrogens with two attached hydrogens (primary N) is 1. The van der Waals surface area contributed by atoms with E-state index in [0.29, 0.717) is 23.0 Å². The molecule has 0 aliphatic heterocycles. The average molecular weight is 383 g/mol. The fraction of sp³-hybridized carbons (Fsp3) is 0.190. The van der Waals surface area contributed by atoms with Crippen LogP contribution in [0.1, 0.15) is 24.8 Å². The Kier molecular flexibility index (Phi) is 4.57. The molecule has 0 amide bonds. The van der Waals surface area contributed by atoms with E-state index in [1.54, 1.807) is 0 Å². The summed E-state index contributed by atoms with van der Waals surface area (Å²) in [6.45, 7) is 2.80. The fourth-order valence-electron chi connectivity index (χ4n) is 3.55. The predicted molar refractivity (Wildman–Crippen MR) is 112 cm³/mol. The van der Waals surface area contributed by atoms with Crippen LogP contribution >= 0.6 is 22.9 Å². The summed E-state index contributed by atoms with van der Waals surface area (Å²) in [5, 5.41) is 4.44. The van der Waals surface area contributed by atoms with E-state index in [1.807, 2.05) is 23.6 Å². The lowest BCUT2D eigenvalue weighted by molar-refractivity contribution is 0.674. The van der Waals surface area contributed by atoms with Gasteiger partial charge in [0.25, 0.3) is 5.56 Å². The van der Waals surface area contributed by atoms with Crippen molar-refractivity contribution in [2.24, 2.45) is 5.73 Å². The fourth-order valence-corrected chi connectivity index (χ4v) is 4.55. The summed E-state index contributed by atoms with van der Waals surface area (Å²) in [5.41, 5.74) is 9.89. The molecule has 5 heteroatoms. The molecule has 4 aromatic rings. The van der Waals surface area contributed by atoms with Crippen LogP contribution in [-0.2, 0) is 0 Å². The van der Waals surface area contributed by atoms with Crippen LogP contribution in [0.4, 0.5) is 0 Å². The van der Waals surface area contributed by atoms with E-state index in [4.69, 9.17) is 17.3 Å². The Hall–Kier alpha value is -2.14. The van der Waals surface area contributed by atoms with Crippen LogP contribution in [0.2, 0.25) is 5.02 Å². The topological polar surface area (TPSA) is 58.9 Å². The minimum atomic E-state index is -0.0920. The number of hydrogen-bond acceptors (Lipinski definition) is 3. The highest BCUT2D eigenvalue weighted by Gasteiger charge is 2.14. The Morgan fingerprint density at radius 1 is 1.15 bits per heavy atom. The quantitative estimate of drug-likeness (QED) is 0.488. The number of benzene rings is 2. The molecule has 1 atom stereocenters. The maximum absolute atomic E-state index is 12.3. The van der Waals surface area contributed by atoms with Gasteiger partial charge in [-0.2, -0.15) is 0 Å². The maximum atomic E-state index is 12.3.